The summed E-state index contributed by atoms with van der Waals surface area (Å²) in [6.45, 7) is 3.07. The molecule has 0 atom stereocenters. The van der Waals surface area contributed by atoms with Crippen molar-refractivity contribution < 1.29 is 4.74 Å². The van der Waals surface area contributed by atoms with Gasteiger partial charge < -0.3 is 9.64 Å². The van der Waals surface area contributed by atoms with Crippen molar-refractivity contribution >= 4 is 23.0 Å². The lowest BCUT2D eigenvalue weighted by Gasteiger charge is -2.29. The molecule has 5 nitrogen and oxygen atoms in total. The normalized spacial score (nSPS) is 15.0. The first-order chi connectivity index (χ1) is 10.3. The quantitative estimate of drug-likeness (QED) is 0.641. The highest BCUT2D eigenvalue weighted by Crippen LogP contribution is 2.28. The van der Waals surface area contributed by atoms with Crippen LogP contribution in [0, 0.1) is 4.91 Å². The molecule has 0 spiro atoms. The molecule has 2 heterocycles. The summed E-state index contributed by atoms with van der Waals surface area (Å²) in [5.41, 5.74) is 2.94. The fourth-order valence-corrected chi connectivity index (χ4v) is 2.56. The van der Waals surface area contributed by atoms with E-state index in [0.717, 1.165) is 30.0 Å². The zero-order valence-electron chi connectivity index (χ0n) is 11.3. The fraction of sp³-hybridized carbons (Fsp3) is 0.267. The average Bonchev–Trinajstić information content (AvgIpc) is 2.55. The summed E-state index contributed by atoms with van der Waals surface area (Å²) in [5, 5.41) is 3.38. The summed E-state index contributed by atoms with van der Waals surface area (Å²) >= 11 is 6.14. The Hall–Kier alpha value is -1.98. The van der Waals surface area contributed by atoms with Gasteiger partial charge in [0.05, 0.1) is 18.9 Å². The Bertz CT molecular complexity index is 657. The largest absolute Gasteiger partial charge is 0.378 e. The molecule has 1 saturated heterocycles. The van der Waals surface area contributed by atoms with E-state index in [4.69, 9.17) is 16.3 Å². The van der Waals surface area contributed by atoms with Crippen LogP contribution in [0.15, 0.2) is 41.6 Å². The van der Waals surface area contributed by atoms with E-state index in [1.165, 1.54) is 0 Å². The molecule has 6 heteroatoms. The van der Waals surface area contributed by atoms with Gasteiger partial charge in [0.1, 0.15) is 10.8 Å². The van der Waals surface area contributed by atoms with Crippen molar-refractivity contribution in [3.63, 3.8) is 0 Å². The molecule has 1 aliphatic heterocycles. The number of halogens is 1. The van der Waals surface area contributed by atoms with Gasteiger partial charge >= 0.3 is 0 Å². The van der Waals surface area contributed by atoms with Crippen molar-refractivity contribution in [1.82, 2.24) is 4.98 Å². The molecule has 0 N–H and O–H groups in total. The van der Waals surface area contributed by atoms with Gasteiger partial charge in [0.15, 0.2) is 0 Å². The number of pyridine rings is 1. The van der Waals surface area contributed by atoms with Crippen molar-refractivity contribution in [1.29, 1.82) is 0 Å². The van der Waals surface area contributed by atoms with Crippen LogP contribution in [-0.2, 0) is 4.74 Å². The molecule has 0 unspecified atom stereocenters. The molecule has 2 aromatic rings. The monoisotopic (exact) mass is 303 g/mol. The van der Waals surface area contributed by atoms with E-state index in [9.17, 15) is 4.91 Å². The Labute approximate surface area is 127 Å². The minimum atomic E-state index is 0.377. The second-order valence-electron chi connectivity index (χ2n) is 4.77. The standard InChI is InChI=1S/C15H14ClN3O2/c16-15-10-13(19-4-6-21-7-5-19)9-14(17-15)11-2-1-3-12(8-11)18-20/h1-3,8-10H,4-7H2. The maximum absolute atomic E-state index is 10.7. The lowest BCUT2D eigenvalue weighted by Crippen LogP contribution is -2.36. The maximum atomic E-state index is 10.7. The van der Waals surface area contributed by atoms with Crippen LogP contribution in [0.3, 0.4) is 0 Å². The zero-order valence-corrected chi connectivity index (χ0v) is 12.1. The zero-order chi connectivity index (χ0) is 14.7. The number of rotatable bonds is 3. The van der Waals surface area contributed by atoms with E-state index in [1.807, 2.05) is 18.2 Å². The summed E-state index contributed by atoms with van der Waals surface area (Å²) in [7, 11) is 0. The van der Waals surface area contributed by atoms with Gasteiger partial charge in [-0.05, 0) is 29.4 Å². The van der Waals surface area contributed by atoms with Crippen LogP contribution in [0.4, 0.5) is 11.4 Å². The summed E-state index contributed by atoms with van der Waals surface area (Å²) in [4.78, 5) is 17.2. The Morgan fingerprint density at radius 2 is 2.00 bits per heavy atom. The van der Waals surface area contributed by atoms with Crippen molar-refractivity contribution in [2.24, 2.45) is 5.18 Å². The van der Waals surface area contributed by atoms with Crippen LogP contribution in [-0.4, -0.2) is 31.3 Å². The van der Waals surface area contributed by atoms with Crippen LogP contribution in [0.25, 0.3) is 11.3 Å². The molecule has 0 bridgehead atoms. The van der Waals surface area contributed by atoms with Crippen LogP contribution in [0.1, 0.15) is 0 Å². The molecule has 3 rings (SSSR count). The second-order valence-corrected chi connectivity index (χ2v) is 5.16. The van der Waals surface area contributed by atoms with Gasteiger partial charge in [0.2, 0.25) is 0 Å². The fourth-order valence-electron chi connectivity index (χ4n) is 2.36. The summed E-state index contributed by atoms with van der Waals surface area (Å²) in [6.07, 6.45) is 0. The van der Waals surface area contributed by atoms with Gasteiger partial charge in [0, 0.05) is 24.3 Å². The highest BCUT2D eigenvalue weighted by molar-refractivity contribution is 6.29. The van der Waals surface area contributed by atoms with E-state index < -0.39 is 0 Å². The molecular weight excluding hydrogens is 290 g/mol. The molecule has 108 valence electrons. The van der Waals surface area contributed by atoms with Gasteiger partial charge in [-0.3, -0.25) is 0 Å². The SMILES string of the molecule is O=Nc1cccc(-c2cc(N3CCOCC3)cc(Cl)n2)c1. The third-order valence-corrected chi connectivity index (χ3v) is 3.60. The predicted molar refractivity (Wildman–Crippen MR) is 83.2 cm³/mol. The van der Waals surface area contributed by atoms with Crippen molar-refractivity contribution in [2.45, 2.75) is 0 Å². The van der Waals surface area contributed by atoms with Crippen LogP contribution in [0.2, 0.25) is 5.15 Å². The number of hydrogen-bond acceptors (Lipinski definition) is 5. The Balaban J connectivity index is 1.98. The molecule has 1 aromatic heterocycles. The Morgan fingerprint density at radius 1 is 1.19 bits per heavy atom. The number of ether oxygens (including phenoxy) is 1. The van der Waals surface area contributed by atoms with Gasteiger partial charge in [0.25, 0.3) is 0 Å². The van der Waals surface area contributed by atoms with Crippen molar-refractivity contribution in [3.05, 3.63) is 46.5 Å². The smallest absolute Gasteiger partial charge is 0.131 e. The van der Waals surface area contributed by atoms with Gasteiger partial charge in [-0.1, -0.05) is 23.7 Å². The van der Waals surface area contributed by atoms with Crippen LogP contribution in [0.5, 0.6) is 0 Å². The second kappa shape index (κ2) is 6.20. The van der Waals surface area contributed by atoms with Gasteiger partial charge in [-0.2, -0.15) is 0 Å². The van der Waals surface area contributed by atoms with E-state index >= 15 is 0 Å². The molecular formula is C15H14ClN3O2. The first-order valence-electron chi connectivity index (χ1n) is 6.70. The Kier molecular flexibility index (Phi) is 4.13. The highest BCUT2D eigenvalue weighted by Gasteiger charge is 2.14. The minimum absolute atomic E-state index is 0.377. The lowest BCUT2D eigenvalue weighted by molar-refractivity contribution is 0.122. The number of morpholine rings is 1. The number of nitroso groups, excluding NO2 is 1. The van der Waals surface area contributed by atoms with Crippen molar-refractivity contribution in [2.75, 3.05) is 31.2 Å². The number of nitrogens with zero attached hydrogens (tertiary/aromatic N) is 3. The van der Waals surface area contributed by atoms with E-state index in [0.29, 0.717) is 24.1 Å². The maximum Gasteiger partial charge on any atom is 0.131 e. The van der Waals surface area contributed by atoms with Crippen LogP contribution < -0.4 is 4.90 Å². The minimum Gasteiger partial charge on any atom is -0.378 e. The molecule has 1 aliphatic rings. The van der Waals surface area contributed by atoms with Gasteiger partial charge in [-0.15, -0.1) is 4.91 Å². The van der Waals surface area contributed by atoms with Gasteiger partial charge in [-0.25, -0.2) is 4.98 Å². The molecule has 0 aliphatic carbocycles. The van der Waals surface area contributed by atoms with E-state index in [-0.39, 0.29) is 0 Å². The average molecular weight is 304 g/mol. The summed E-state index contributed by atoms with van der Waals surface area (Å²) < 4.78 is 5.36. The topological polar surface area (TPSA) is 54.8 Å². The number of anilines is 1. The van der Waals surface area contributed by atoms with E-state index in [1.54, 1.807) is 18.2 Å². The predicted octanol–water partition coefficient (Wildman–Crippen LogP) is 3.64. The molecule has 0 radical (unpaired) electrons. The lowest BCUT2D eigenvalue weighted by atomic mass is 10.1. The number of benzene rings is 1. The van der Waals surface area contributed by atoms with Crippen LogP contribution >= 0.6 is 11.6 Å². The summed E-state index contributed by atoms with van der Waals surface area (Å²) in [5.74, 6) is 0. The molecule has 0 amide bonds. The third kappa shape index (κ3) is 3.20. The highest BCUT2D eigenvalue weighted by atomic mass is 35.5. The first kappa shape index (κ1) is 14.0. The summed E-state index contributed by atoms with van der Waals surface area (Å²) in [6, 6.07) is 10.8. The molecule has 21 heavy (non-hydrogen) atoms. The molecule has 1 fully saturated rings. The Morgan fingerprint density at radius 3 is 2.76 bits per heavy atom. The third-order valence-electron chi connectivity index (χ3n) is 3.40. The van der Waals surface area contributed by atoms with E-state index in [2.05, 4.69) is 15.1 Å². The molecule has 1 aromatic carbocycles. The molecule has 0 saturated carbocycles. The first-order valence-corrected chi connectivity index (χ1v) is 7.08. The van der Waals surface area contributed by atoms with Crippen molar-refractivity contribution in [3.8, 4) is 11.3 Å². The number of aromatic nitrogens is 1. The number of hydrogen-bond donors (Lipinski definition) is 0.